The minimum atomic E-state index is 0.215. The predicted molar refractivity (Wildman–Crippen MR) is 68.1 cm³/mol. The van der Waals surface area contributed by atoms with Crippen molar-refractivity contribution < 1.29 is 4.79 Å². The molecule has 0 radical (unpaired) electrons. The molecule has 0 saturated heterocycles. The Morgan fingerprint density at radius 1 is 1.19 bits per heavy atom. The van der Waals surface area contributed by atoms with Crippen LogP contribution in [-0.2, 0) is 11.2 Å². The normalized spacial score (nSPS) is 10.4. The number of carbonyl (C=O) groups excluding carboxylic acids is 1. The fraction of sp³-hybridized carbons (Fsp3) is 0.417. The van der Waals surface area contributed by atoms with Crippen LogP contribution in [0.25, 0.3) is 0 Å². The van der Waals surface area contributed by atoms with Gasteiger partial charge in [0.1, 0.15) is 5.78 Å². The van der Waals surface area contributed by atoms with Crippen LogP contribution in [0.15, 0.2) is 18.2 Å². The van der Waals surface area contributed by atoms with Gasteiger partial charge in [-0.2, -0.15) is 0 Å². The first-order valence-electron chi connectivity index (χ1n) is 5.29. The molecule has 1 rings (SSSR count). The highest BCUT2D eigenvalue weighted by Crippen LogP contribution is 2.23. The largest absolute Gasteiger partial charge is 0.330 e. The van der Waals surface area contributed by atoms with E-state index in [2.05, 4.69) is 0 Å². The molecule has 0 heterocycles. The lowest BCUT2D eigenvalue weighted by Crippen LogP contribution is -2.05. The zero-order valence-corrected chi connectivity index (χ0v) is 10.5. The summed E-state index contributed by atoms with van der Waals surface area (Å²) in [4.78, 5) is 11.6. The van der Waals surface area contributed by atoms with Crippen molar-refractivity contribution in [3.8, 4) is 0 Å². The number of rotatable bonds is 6. The molecule has 2 nitrogen and oxygen atoms in total. The van der Waals surface area contributed by atoms with Gasteiger partial charge in [-0.1, -0.05) is 29.3 Å². The lowest BCUT2D eigenvalue weighted by molar-refractivity contribution is -0.118. The molecule has 0 aliphatic carbocycles. The second-order valence-corrected chi connectivity index (χ2v) is 4.52. The predicted octanol–water partition coefficient (Wildman–Crippen LogP) is 3.23. The Bertz CT molecular complexity index is 366. The van der Waals surface area contributed by atoms with E-state index >= 15 is 0 Å². The van der Waals surface area contributed by atoms with Crippen molar-refractivity contribution in [1.29, 1.82) is 0 Å². The highest BCUT2D eigenvalue weighted by Gasteiger charge is 2.05. The number of hydrogen-bond donors (Lipinski definition) is 1. The van der Waals surface area contributed by atoms with Gasteiger partial charge < -0.3 is 5.73 Å². The number of hydrogen-bond acceptors (Lipinski definition) is 2. The van der Waals surface area contributed by atoms with E-state index in [0.717, 1.165) is 18.4 Å². The molecule has 0 amide bonds. The number of halogens is 2. The minimum absolute atomic E-state index is 0.215. The van der Waals surface area contributed by atoms with Gasteiger partial charge in [-0.25, -0.2) is 0 Å². The van der Waals surface area contributed by atoms with Gasteiger partial charge in [0.05, 0.1) is 10.0 Å². The van der Waals surface area contributed by atoms with Crippen LogP contribution in [0.2, 0.25) is 10.0 Å². The van der Waals surface area contributed by atoms with E-state index in [9.17, 15) is 4.79 Å². The molecule has 88 valence electrons. The van der Waals surface area contributed by atoms with Crippen molar-refractivity contribution in [2.24, 2.45) is 5.73 Å². The Kier molecular flexibility index (Phi) is 5.81. The van der Waals surface area contributed by atoms with E-state index in [4.69, 9.17) is 28.9 Å². The standard InChI is InChI=1S/C12H15Cl2NO/c13-11-5-4-9(8-12(11)14)7-10(16)3-1-2-6-15/h4-5,8H,1-3,6-7,15H2. The molecule has 0 aliphatic rings. The number of benzene rings is 1. The maximum absolute atomic E-state index is 11.6. The first-order chi connectivity index (χ1) is 7.63. The van der Waals surface area contributed by atoms with Gasteiger partial charge in [-0.15, -0.1) is 0 Å². The van der Waals surface area contributed by atoms with E-state index in [0.29, 0.717) is 29.4 Å². The summed E-state index contributed by atoms with van der Waals surface area (Å²) in [5, 5.41) is 1.01. The maximum atomic E-state index is 11.6. The molecule has 0 unspecified atom stereocenters. The number of carbonyl (C=O) groups is 1. The molecule has 1 aromatic carbocycles. The van der Waals surface area contributed by atoms with Crippen LogP contribution in [0.3, 0.4) is 0 Å². The van der Waals surface area contributed by atoms with Gasteiger partial charge in [0.25, 0.3) is 0 Å². The highest BCUT2D eigenvalue weighted by molar-refractivity contribution is 6.42. The van der Waals surface area contributed by atoms with Crippen molar-refractivity contribution >= 4 is 29.0 Å². The number of nitrogens with two attached hydrogens (primary N) is 1. The van der Waals surface area contributed by atoms with Crippen LogP contribution < -0.4 is 5.73 Å². The molecule has 1 aromatic rings. The van der Waals surface area contributed by atoms with Crippen LogP contribution in [0.5, 0.6) is 0 Å². The topological polar surface area (TPSA) is 43.1 Å². The lowest BCUT2D eigenvalue weighted by atomic mass is 10.1. The Morgan fingerprint density at radius 3 is 2.56 bits per heavy atom. The zero-order chi connectivity index (χ0) is 12.0. The summed E-state index contributed by atoms with van der Waals surface area (Å²) in [5.41, 5.74) is 6.27. The average molecular weight is 260 g/mol. The minimum Gasteiger partial charge on any atom is -0.330 e. The lowest BCUT2D eigenvalue weighted by Gasteiger charge is -2.03. The molecular weight excluding hydrogens is 245 g/mol. The van der Waals surface area contributed by atoms with Crippen LogP contribution in [0, 0.1) is 0 Å². The van der Waals surface area contributed by atoms with E-state index in [-0.39, 0.29) is 5.78 Å². The zero-order valence-electron chi connectivity index (χ0n) is 9.01. The van der Waals surface area contributed by atoms with E-state index in [1.165, 1.54) is 0 Å². The van der Waals surface area contributed by atoms with Crippen molar-refractivity contribution in [3.05, 3.63) is 33.8 Å². The molecule has 4 heteroatoms. The van der Waals surface area contributed by atoms with Crippen molar-refractivity contribution in [2.45, 2.75) is 25.7 Å². The summed E-state index contributed by atoms with van der Waals surface area (Å²) in [7, 11) is 0. The van der Waals surface area contributed by atoms with Gasteiger partial charge in [0.15, 0.2) is 0 Å². The Labute approximate surface area is 106 Å². The maximum Gasteiger partial charge on any atom is 0.137 e. The van der Waals surface area contributed by atoms with E-state index < -0.39 is 0 Å². The molecule has 16 heavy (non-hydrogen) atoms. The fourth-order valence-electron chi connectivity index (χ4n) is 1.43. The molecular formula is C12H15Cl2NO. The summed E-state index contributed by atoms with van der Waals surface area (Å²) in [6.07, 6.45) is 2.75. The Morgan fingerprint density at radius 2 is 1.94 bits per heavy atom. The smallest absolute Gasteiger partial charge is 0.137 e. The van der Waals surface area contributed by atoms with Crippen LogP contribution in [0.4, 0.5) is 0 Å². The number of ketones is 1. The van der Waals surface area contributed by atoms with Gasteiger partial charge >= 0.3 is 0 Å². The summed E-state index contributed by atoms with van der Waals surface area (Å²) in [6.45, 7) is 0.639. The highest BCUT2D eigenvalue weighted by atomic mass is 35.5. The second kappa shape index (κ2) is 6.89. The third-order valence-electron chi connectivity index (χ3n) is 2.30. The molecule has 2 N–H and O–H groups in total. The van der Waals surface area contributed by atoms with Crippen LogP contribution in [-0.4, -0.2) is 12.3 Å². The van der Waals surface area contributed by atoms with Crippen LogP contribution >= 0.6 is 23.2 Å². The van der Waals surface area contributed by atoms with Gasteiger partial charge in [0.2, 0.25) is 0 Å². The third-order valence-corrected chi connectivity index (χ3v) is 3.03. The third kappa shape index (κ3) is 4.52. The van der Waals surface area contributed by atoms with Gasteiger partial charge in [-0.3, -0.25) is 4.79 Å². The first-order valence-corrected chi connectivity index (χ1v) is 6.04. The second-order valence-electron chi connectivity index (χ2n) is 3.71. The van der Waals surface area contributed by atoms with Crippen molar-refractivity contribution in [2.75, 3.05) is 6.54 Å². The Hall–Kier alpha value is -0.570. The van der Waals surface area contributed by atoms with Crippen molar-refractivity contribution in [1.82, 2.24) is 0 Å². The molecule has 0 atom stereocenters. The van der Waals surface area contributed by atoms with Crippen molar-refractivity contribution in [3.63, 3.8) is 0 Å². The molecule has 0 fully saturated rings. The summed E-state index contributed by atoms with van der Waals surface area (Å²) < 4.78 is 0. The molecule has 0 saturated carbocycles. The molecule has 0 bridgehead atoms. The first kappa shape index (κ1) is 13.5. The molecule has 0 aliphatic heterocycles. The average Bonchev–Trinajstić information content (AvgIpc) is 2.24. The molecule has 0 aromatic heterocycles. The van der Waals surface area contributed by atoms with Gasteiger partial charge in [-0.05, 0) is 37.1 Å². The summed E-state index contributed by atoms with van der Waals surface area (Å²) in [6, 6.07) is 5.28. The number of Topliss-reactive ketones (excluding diaryl/α,β-unsaturated/α-hetero) is 1. The monoisotopic (exact) mass is 259 g/mol. The van der Waals surface area contributed by atoms with E-state index in [1.807, 2.05) is 6.07 Å². The van der Waals surface area contributed by atoms with Crippen LogP contribution in [0.1, 0.15) is 24.8 Å². The Balaban J connectivity index is 2.46. The quantitative estimate of drug-likeness (QED) is 0.798. The fourth-order valence-corrected chi connectivity index (χ4v) is 1.75. The number of unbranched alkanes of at least 4 members (excludes halogenated alkanes) is 1. The summed E-state index contributed by atoms with van der Waals surface area (Å²) >= 11 is 11.7. The SMILES string of the molecule is NCCCCC(=O)Cc1ccc(Cl)c(Cl)c1. The summed E-state index contributed by atoms with van der Waals surface area (Å²) in [5.74, 6) is 0.215. The molecule has 0 spiro atoms. The van der Waals surface area contributed by atoms with Gasteiger partial charge in [0, 0.05) is 12.8 Å². The van der Waals surface area contributed by atoms with E-state index in [1.54, 1.807) is 12.1 Å².